The zero-order valence-corrected chi connectivity index (χ0v) is 18.0. The lowest BCUT2D eigenvalue weighted by atomic mass is 10.2. The number of fused-ring (bicyclic) bond motifs is 1. The maximum atomic E-state index is 12.8. The molecule has 0 aromatic carbocycles. The third-order valence-electron chi connectivity index (χ3n) is 4.82. The number of thiophene rings is 2. The Labute approximate surface area is 178 Å². The van der Waals surface area contributed by atoms with E-state index in [0.717, 1.165) is 34.7 Å². The fourth-order valence-corrected chi connectivity index (χ4v) is 5.99. The average molecular weight is 447 g/mol. The van der Waals surface area contributed by atoms with Crippen molar-refractivity contribution in [1.29, 1.82) is 0 Å². The van der Waals surface area contributed by atoms with E-state index >= 15 is 0 Å². The number of nitrogens with zero attached hydrogens (tertiary/aromatic N) is 5. The molecule has 1 aliphatic rings. The Morgan fingerprint density at radius 2 is 2.38 bits per heavy atom. The van der Waals surface area contributed by atoms with Crippen LogP contribution in [0.3, 0.4) is 0 Å². The normalized spacial score (nSPS) is 17.9. The minimum Gasteiger partial charge on any atom is -0.376 e. The van der Waals surface area contributed by atoms with Gasteiger partial charge in [0.1, 0.15) is 10.7 Å². The average Bonchev–Trinajstić information content (AvgIpc) is 3.50. The molecule has 1 N–H and O–H groups in total. The first-order valence-corrected chi connectivity index (χ1v) is 11.9. The largest absolute Gasteiger partial charge is 0.376 e. The summed E-state index contributed by atoms with van der Waals surface area (Å²) in [5, 5.41) is 17.3. The summed E-state index contributed by atoms with van der Waals surface area (Å²) in [5.74, 6) is 0.624. The van der Waals surface area contributed by atoms with Crippen LogP contribution in [0.4, 0.5) is 0 Å². The molecule has 0 bridgehead atoms. The SMILES string of the molecule is CC(Sc1nnnn1CC1CCCO1)c1nc2scc(-c3cccs3)c2c(=O)[nH]1. The van der Waals surface area contributed by atoms with Crippen LogP contribution < -0.4 is 5.56 Å². The van der Waals surface area contributed by atoms with Crippen LogP contribution in [0.1, 0.15) is 30.8 Å². The van der Waals surface area contributed by atoms with Crippen LogP contribution in [-0.4, -0.2) is 42.9 Å². The Balaban J connectivity index is 1.40. The number of nitrogens with one attached hydrogen (secondary N) is 1. The Kier molecular flexibility index (Phi) is 5.20. The molecule has 1 saturated heterocycles. The molecule has 0 radical (unpaired) electrons. The van der Waals surface area contributed by atoms with Gasteiger partial charge < -0.3 is 9.72 Å². The number of tetrazole rings is 1. The Bertz CT molecular complexity index is 1180. The highest BCUT2D eigenvalue weighted by atomic mass is 32.2. The molecule has 4 aromatic rings. The molecule has 8 nitrogen and oxygen atoms in total. The molecule has 0 saturated carbocycles. The van der Waals surface area contributed by atoms with Crippen molar-refractivity contribution in [3.05, 3.63) is 39.1 Å². The third kappa shape index (κ3) is 3.75. The van der Waals surface area contributed by atoms with E-state index in [2.05, 4.69) is 20.5 Å². The minimum atomic E-state index is -0.110. The predicted octanol–water partition coefficient (Wildman–Crippen LogP) is 3.73. The van der Waals surface area contributed by atoms with Gasteiger partial charge in [-0.05, 0) is 41.6 Å². The molecular weight excluding hydrogens is 428 g/mol. The van der Waals surface area contributed by atoms with Gasteiger partial charge in [0, 0.05) is 22.4 Å². The lowest BCUT2D eigenvalue weighted by Crippen LogP contribution is -2.17. The maximum absolute atomic E-state index is 12.8. The molecule has 4 aromatic heterocycles. The van der Waals surface area contributed by atoms with Crippen molar-refractivity contribution in [2.24, 2.45) is 0 Å². The van der Waals surface area contributed by atoms with E-state index in [1.54, 1.807) is 16.0 Å². The van der Waals surface area contributed by atoms with Gasteiger partial charge in [0.2, 0.25) is 5.16 Å². The number of thioether (sulfide) groups is 1. The van der Waals surface area contributed by atoms with Gasteiger partial charge in [-0.2, -0.15) is 0 Å². The summed E-state index contributed by atoms with van der Waals surface area (Å²) >= 11 is 4.59. The van der Waals surface area contributed by atoms with Gasteiger partial charge in [-0.25, -0.2) is 9.67 Å². The molecule has 0 spiro atoms. The quantitative estimate of drug-likeness (QED) is 0.451. The highest BCUT2D eigenvalue weighted by Gasteiger charge is 2.22. The fourth-order valence-electron chi connectivity index (χ4n) is 3.36. The summed E-state index contributed by atoms with van der Waals surface area (Å²) in [5.41, 5.74) is 0.835. The van der Waals surface area contributed by atoms with Crippen LogP contribution >= 0.6 is 34.4 Å². The summed E-state index contributed by atoms with van der Waals surface area (Å²) in [6, 6.07) is 4.00. The van der Waals surface area contributed by atoms with Gasteiger partial charge in [0.15, 0.2) is 0 Å². The van der Waals surface area contributed by atoms with E-state index in [9.17, 15) is 4.79 Å². The number of hydrogen-bond donors (Lipinski definition) is 1. The molecule has 2 unspecified atom stereocenters. The van der Waals surface area contributed by atoms with Crippen molar-refractivity contribution < 1.29 is 4.74 Å². The molecule has 0 aliphatic carbocycles. The second-order valence-corrected chi connectivity index (χ2v) is 9.91. The minimum absolute atomic E-state index is 0.103. The van der Waals surface area contributed by atoms with Crippen LogP contribution in [-0.2, 0) is 11.3 Å². The van der Waals surface area contributed by atoms with E-state index in [0.29, 0.717) is 22.9 Å². The standard InChI is InChI=1S/C18H18N6O2S3/c1-10(29-18-21-22-23-24(18)8-11-4-2-6-26-11)15-19-16(25)14-12(9-28-17(14)20-15)13-5-3-7-27-13/h3,5,7,9-11H,2,4,6,8H2,1H3,(H,19,20,25). The maximum Gasteiger partial charge on any atom is 0.260 e. The predicted molar refractivity (Wildman–Crippen MR) is 115 cm³/mol. The highest BCUT2D eigenvalue weighted by Crippen LogP contribution is 2.36. The number of rotatable bonds is 6. The summed E-state index contributed by atoms with van der Waals surface area (Å²) in [6.07, 6.45) is 2.26. The lowest BCUT2D eigenvalue weighted by Gasteiger charge is -2.12. The van der Waals surface area contributed by atoms with Crippen LogP contribution in [0, 0.1) is 0 Å². The molecule has 1 aliphatic heterocycles. The lowest BCUT2D eigenvalue weighted by molar-refractivity contribution is 0.0911. The van der Waals surface area contributed by atoms with Crippen molar-refractivity contribution >= 4 is 44.7 Å². The van der Waals surface area contributed by atoms with Gasteiger partial charge in [0.25, 0.3) is 5.56 Å². The van der Waals surface area contributed by atoms with Crippen LogP contribution in [0.5, 0.6) is 0 Å². The van der Waals surface area contributed by atoms with E-state index in [1.165, 1.54) is 23.1 Å². The molecule has 5 rings (SSSR count). The molecule has 150 valence electrons. The number of aromatic nitrogens is 6. The first-order valence-electron chi connectivity index (χ1n) is 9.29. The molecule has 1 fully saturated rings. The number of aromatic amines is 1. The van der Waals surface area contributed by atoms with Crippen molar-refractivity contribution in [2.75, 3.05) is 6.61 Å². The van der Waals surface area contributed by atoms with E-state index in [-0.39, 0.29) is 16.9 Å². The van der Waals surface area contributed by atoms with Crippen LogP contribution in [0.25, 0.3) is 20.7 Å². The molecule has 0 amide bonds. The van der Waals surface area contributed by atoms with Gasteiger partial charge >= 0.3 is 0 Å². The summed E-state index contributed by atoms with van der Waals surface area (Å²) in [7, 11) is 0. The highest BCUT2D eigenvalue weighted by molar-refractivity contribution is 7.99. The second kappa shape index (κ2) is 7.98. The van der Waals surface area contributed by atoms with Crippen LogP contribution in [0.15, 0.2) is 32.8 Å². The molecule has 2 atom stereocenters. The Morgan fingerprint density at radius 3 is 3.17 bits per heavy atom. The van der Waals surface area contributed by atoms with Gasteiger partial charge in [-0.1, -0.05) is 17.8 Å². The number of hydrogen-bond acceptors (Lipinski definition) is 9. The zero-order chi connectivity index (χ0) is 19.8. The Morgan fingerprint density at radius 1 is 1.45 bits per heavy atom. The number of ether oxygens (including phenoxy) is 1. The first kappa shape index (κ1) is 18.9. The van der Waals surface area contributed by atoms with E-state index in [4.69, 9.17) is 9.72 Å². The Hall–Kier alpha value is -2.08. The van der Waals surface area contributed by atoms with Crippen molar-refractivity contribution in [2.45, 2.75) is 42.8 Å². The first-order chi connectivity index (χ1) is 14.2. The molecular formula is C18H18N6O2S3. The molecule has 29 heavy (non-hydrogen) atoms. The summed E-state index contributed by atoms with van der Waals surface area (Å²) < 4.78 is 7.46. The number of H-pyrrole nitrogens is 1. The van der Waals surface area contributed by atoms with E-state index < -0.39 is 0 Å². The van der Waals surface area contributed by atoms with Crippen molar-refractivity contribution in [1.82, 2.24) is 30.2 Å². The molecule has 11 heteroatoms. The smallest absolute Gasteiger partial charge is 0.260 e. The van der Waals surface area contributed by atoms with E-state index in [1.807, 2.05) is 29.8 Å². The van der Waals surface area contributed by atoms with Gasteiger partial charge in [-0.3, -0.25) is 4.79 Å². The van der Waals surface area contributed by atoms with Crippen molar-refractivity contribution in [3.63, 3.8) is 0 Å². The third-order valence-corrected chi connectivity index (χ3v) is 7.67. The molecule has 5 heterocycles. The zero-order valence-electron chi connectivity index (χ0n) is 15.6. The second-order valence-electron chi connectivity index (χ2n) is 6.80. The van der Waals surface area contributed by atoms with Gasteiger partial charge in [-0.15, -0.1) is 27.8 Å². The topological polar surface area (TPSA) is 98.6 Å². The summed E-state index contributed by atoms with van der Waals surface area (Å²) in [4.78, 5) is 22.3. The fraction of sp³-hybridized carbons (Fsp3) is 0.389. The summed E-state index contributed by atoms with van der Waals surface area (Å²) in [6.45, 7) is 3.43. The van der Waals surface area contributed by atoms with Gasteiger partial charge in [0.05, 0.1) is 23.3 Å². The van der Waals surface area contributed by atoms with Crippen LogP contribution in [0.2, 0.25) is 0 Å². The monoisotopic (exact) mass is 446 g/mol. The van der Waals surface area contributed by atoms with Crippen molar-refractivity contribution in [3.8, 4) is 10.4 Å².